The molecule has 4 N–H and O–H groups in total. The summed E-state index contributed by atoms with van der Waals surface area (Å²) in [6.07, 6.45) is 0. The van der Waals surface area contributed by atoms with Crippen LogP contribution in [-0.2, 0) is 16.1 Å². The molecule has 0 spiro atoms. The number of carbonyl (C=O) groups is 2. The monoisotopic (exact) mass is 424 g/mol. The van der Waals surface area contributed by atoms with Gasteiger partial charge in [0.05, 0.1) is 13.2 Å². The Hall–Kier alpha value is -2.94. The maximum atomic E-state index is 12.9. The molecule has 2 saturated heterocycles. The van der Waals surface area contributed by atoms with Crippen LogP contribution in [0.25, 0.3) is 11.1 Å². The second-order valence-corrected chi connectivity index (χ2v) is 8.13. The Balaban J connectivity index is 1.38. The topological polar surface area (TPSA) is 108 Å². The van der Waals surface area contributed by atoms with Crippen molar-refractivity contribution in [3.8, 4) is 11.1 Å². The minimum atomic E-state index is -1.39. The van der Waals surface area contributed by atoms with E-state index in [2.05, 4.69) is 5.32 Å². The average molecular weight is 425 g/mol. The SMILES string of the molecule is CNCc1ccc(-c2ccc(C(=O)N3CCN(C(=O)C4(O)COC4)CC3)cc2)cc1N. The number of carbonyl (C=O) groups excluding carboxylic acids is 2. The second kappa shape index (κ2) is 8.66. The van der Waals surface area contributed by atoms with Crippen LogP contribution in [0.15, 0.2) is 42.5 Å². The molecule has 2 amide bonds. The normalized spacial score (nSPS) is 17.9. The Morgan fingerprint density at radius 3 is 2.19 bits per heavy atom. The highest BCUT2D eigenvalue weighted by atomic mass is 16.5. The molecule has 31 heavy (non-hydrogen) atoms. The van der Waals surface area contributed by atoms with Crippen LogP contribution in [0, 0.1) is 0 Å². The van der Waals surface area contributed by atoms with Gasteiger partial charge in [-0.3, -0.25) is 9.59 Å². The van der Waals surface area contributed by atoms with Crippen LogP contribution in [0.3, 0.4) is 0 Å². The van der Waals surface area contributed by atoms with Crippen molar-refractivity contribution in [1.29, 1.82) is 0 Å². The number of nitrogens with one attached hydrogen (secondary N) is 1. The summed E-state index contributed by atoms with van der Waals surface area (Å²) >= 11 is 0. The fourth-order valence-corrected chi connectivity index (χ4v) is 3.94. The Morgan fingerprint density at radius 1 is 1.03 bits per heavy atom. The first-order valence-electron chi connectivity index (χ1n) is 10.4. The highest BCUT2D eigenvalue weighted by Gasteiger charge is 2.46. The smallest absolute Gasteiger partial charge is 0.259 e. The van der Waals surface area contributed by atoms with E-state index in [4.69, 9.17) is 10.5 Å². The van der Waals surface area contributed by atoms with E-state index in [1.807, 2.05) is 49.5 Å². The highest BCUT2D eigenvalue weighted by Crippen LogP contribution is 2.25. The highest BCUT2D eigenvalue weighted by molar-refractivity contribution is 5.95. The number of hydrogen-bond donors (Lipinski definition) is 3. The Morgan fingerprint density at radius 2 is 1.65 bits per heavy atom. The van der Waals surface area contributed by atoms with Gasteiger partial charge in [0.15, 0.2) is 5.60 Å². The molecule has 8 nitrogen and oxygen atoms in total. The quantitative estimate of drug-likeness (QED) is 0.610. The fourth-order valence-electron chi connectivity index (χ4n) is 3.94. The molecule has 0 bridgehead atoms. The van der Waals surface area contributed by atoms with Crippen LogP contribution in [0.2, 0.25) is 0 Å². The summed E-state index contributed by atoms with van der Waals surface area (Å²) in [4.78, 5) is 28.6. The molecular formula is C23H28N4O4. The molecule has 2 heterocycles. The van der Waals surface area contributed by atoms with Crippen LogP contribution in [-0.4, -0.2) is 78.8 Å². The first kappa shape index (κ1) is 21.3. The summed E-state index contributed by atoms with van der Waals surface area (Å²) in [6, 6.07) is 13.5. The Bertz CT molecular complexity index is 964. The van der Waals surface area contributed by atoms with E-state index in [-0.39, 0.29) is 25.0 Å². The minimum Gasteiger partial charge on any atom is -0.398 e. The molecule has 0 aromatic heterocycles. The van der Waals surface area contributed by atoms with Gasteiger partial charge in [-0.25, -0.2) is 0 Å². The average Bonchev–Trinajstić information content (AvgIpc) is 2.78. The third-order valence-corrected chi connectivity index (χ3v) is 5.91. The number of nitrogens with two attached hydrogens (primary N) is 1. The molecule has 2 aromatic rings. The summed E-state index contributed by atoms with van der Waals surface area (Å²) < 4.78 is 4.96. The van der Waals surface area contributed by atoms with Crippen molar-refractivity contribution in [2.24, 2.45) is 0 Å². The fraction of sp³-hybridized carbons (Fsp3) is 0.391. The number of nitrogen functional groups attached to an aromatic ring is 1. The number of nitrogens with zero attached hydrogens (tertiary/aromatic N) is 2. The first-order chi connectivity index (χ1) is 14.9. The lowest BCUT2D eigenvalue weighted by Gasteiger charge is -2.42. The van der Waals surface area contributed by atoms with Gasteiger partial charge in [-0.2, -0.15) is 0 Å². The zero-order chi connectivity index (χ0) is 22.0. The minimum absolute atomic E-state index is 0.0429. The standard InChI is InChI=1S/C23H28N4O4/c1-25-13-19-7-6-18(12-20(19)24)16-2-4-17(5-3-16)21(28)26-8-10-27(11-9-26)22(29)23(30)14-31-15-23/h2-7,12,25,30H,8-11,13-15,24H2,1H3. The van der Waals surface area contributed by atoms with E-state index in [1.165, 1.54) is 0 Å². The lowest BCUT2D eigenvalue weighted by Crippen LogP contribution is -2.64. The molecular weight excluding hydrogens is 396 g/mol. The number of benzene rings is 2. The predicted molar refractivity (Wildman–Crippen MR) is 117 cm³/mol. The van der Waals surface area contributed by atoms with E-state index >= 15 is 0 Å². The van der Waals surface area contributed by atoms with Gasteiger partial charge in [-0.15, -0.1) is 0 Å². The molecule has 0 saturated carbocycles. The van der Waals surface area contributed by atoms with Gasteiger partial charge in [0, 0.05) is 44.0 Å². The number of aliphatic hydroxyl groups is 1. The third kappa shape index (κ3) is 4.27. The zero-order valence-electron chi connectivity index (χ0n) is 17.6. The van der Waals surface area contributed by atoms with Gasteiger partial charge in [-0.1, -0.05) is 24.3 Å². The number of amides is 2. The summed E-state index contributed by atoms with van der Waals surface area (Å²) in [5.41, 5.74) is 9.13. The maximum Gasteiger partial charge on any atom is 0.259 e. The molecule has 2 aliphatic heterocycles. The number of hydrogen-bond acceptors (Lipinski definition) is 6. The van der Waals surface area contributed by atoms with Crippen molar-refractivity contribution in [2.45, 2.75) is 12.1 Å². The van der Waals surface area contributed by atoms with Gasteiger partial charge in [0.25, 0.3) is 11.8 Å². The molecule has 0 radical (unpaired) electrons. The van der Waals surface area contributed by atoms with E-state index in [1.54, 1.807) is 9.80 Å². The number of ether oxygens (including phenoxy) is 1. The zero-order valence-corrected chi connectivity index (χ0v) is 17.6. The van der Waals surface area contributed by atoms with Gasteiger partial charge in [0.2, 0.25) is 0 Å². The van der Waals surface area contributed by atoms with Crippen molar-refractivity contribution in [1.82, 2.24) is 15.1 Å². The molecule has 2 aliphatic rings. The molecule has 2 aromatic carbocycles. The summed E-state index contributed by atoms with van der Waals surface area (Å²) in [7, 11) is 1.88. The van der Waals surface area contributed by atoms with Crippen molar-refractivity contribution in [3.63, 3.8) is 0 Å². The molecule has 0 aliphatic carbocycles. The largest absolute Gasteiger partial charge is 0.398 e. The molecule has 4 rings (SSSR count). The van der Waals surface area contributed by atoms with E-state index < -0.39 is 5.60 Å². The Kier molecular flexibility index (Phi) is 5.95. The Labute approximate surface area is 181 Å². The van der Waals surface area contributed by atoms with Crippen LogP contribution in [0.5, 0.6) is 0 Å². The van der Waals surface area contributed by atoms with Gasteiger partial charge in [0.1, 0.15) is 0 Å². The van der Waals surface area contributed by atoms with E-state index in [9.17, 15) is 14.7 Å². The maximum absolute atomic E-state index is 12.9. The van der Waals surface area contributed by atoms with Gasteiger partial charge < -0.3 is 30.7 Å². The number of piperazine rings is 1. The third-order valence-electron chi connectivity index (χ3n) is 5.91. The lowest BCUT2D eigenvalue weighted by molar-refractivity contribution is -0.201. The lowest BCUT2D eigenvalue weighted by atomic mass is 10.00. The van der Waals surface area contributed by atoms with Crippen LogP contribution >= 0.6 is 0 Å². The second-order valence-electron chi connectivity index (χ2n) is 8.13. The summed E-state index contributed by atoms with van der Waals surface area (Å²) in [5, 5.41) is 13.3. The number of rotatable bonds is 5. The molecule has 164 valence electrons. The van der Waals surface area contributed by atoms with Gasteiger partial charge in [-0.05, 0) is 41.9 Å². The number of anilines is 1. The predicted octanol–water partition coefficient (Wildman–Crippen LogP) is 0.701. The van der Waals surface area contributed by atoms with Crippen LogP contribution < -0.4 is 11.1 Å². The van der Waals surface area contributed by atoms with Crippen LogP contribution in [0.4, 0.5) is 5.69 Å². The van der Waals surface area contributed by atoms with Crippen molar-refractivity contribution < 1.29 is 19.4 Å². The first-order valence-corrected chi connectivity index (χ1v) is 10.4. The van der Waals surface area contributed by atoms with Crippen LogP contribution in [0.1, 0.15) is 15.9 Å². The summed E-state index contributed by atoms with van der Waals surface area (Å²) in [6.45, 7) is 2.49. The van der Waals surface area contributed by atoms with E-state index in [0.717, 1.165) is 22.4 Å². The molecule has 8 heteroatoms. The molecule has 0 unspecified atom stereocenters. The molecule has 2 fully saturated rings. The van der Waals surface area contributed by atoms with Crippen molar-refractivity contribution in [2.75, 3.05) is 52.2 Å². The van der Waals surface area contributed by atoms with Crippen molar-refractivity contribution in [3.05, 3.63) is 53.6 Å². The van der Waals surface area contributed by atoms with Gasteiger partial charge >= 0.3 is 0 Å². The summed E-state index contributed by atoms with van der Waals surface area (Å²) in [5.74, 6) is -0.372. The molecule has 0 atom stereocenters. The van der Waals surface area contributed by atoms with Crippen molar-refractivity contribution >= 4 is 17.5 Å². The van der Waals surface area contributed by atoms with E-state index in [0.29, 0.717) is 38.3 Å².